The van der Waals surface area contributed by atoms with Gasteiger partial charge in [-0.15, -0.1) is 0 Å². The van der Waals surface area contributed by atoms with Gasteiger partial charge in [0.1, 0.15) is 18.0 Å². The van der Waals surface area contributed by atoms with E-state index in [0.717, 1.165) is 5.56 Å². The molecule has 2 amide bonds. The van der Waals surface area contributed by atoms with Gasteiger partial charge in [-0.3, -0.25) is 14.5 Å². The van der Waals surface area contributed by atoms with E-state index in [1.54, 1.807) is 30.3 Å². The maximum atomic E-state index is 12.4. The van der Waals surface area contributed by atoms with Gasteiger partial charge in [-0.2, -0.15) is 0 Å². The van der Waals surface area contributed by atoms with Crippen molar-refractivity contribution in [3.8, 4) is 11.5 Å². The maximum absolute atomic E-state index is 12.4. The molecule has 0 radical (unpaired) electrons. The number of halogens is 1. The number of aryl methyl sites for hydroxylation is 1. The van der Waals surface area contributed by atoms with Crippen LogP contribution in [0.1, 0.15) is 12.5 Å². The van der Waals surface area contributed by atoms with Gasteiger partial charge in [-0.1, -0.05) is 17.7 Å². The Morgan fingerprint density at radius 2 is 1.73 bits per heavy atom. The first-order chi connectivity index (χ1) is 12.3. The van der Waals surface area contributed by atoms with Crippen LogP contribution in [0.2, 0.25) is 5.02 Å². The number of nitrogens with zero attached hydrogens (tertiary/aromatic N) is 1. The van der Waals surface area contributed by atoms with Crippen molar-refractivity contribution in [2.45, 2.75) is 13.8 Å². The van der Waals surface area contributed by atoms with Crippen LogP contribution in [0.15, 0.2) is 36.4 Å². The fourth-order valence-electron chi connectivity index (χ4n) is 2.47. The van der Waals surface area contributed by atoms with Crippen LogP contribution in [0.3, 0.4) is 0 Å². The van der Waals surface area contributed by atoms with Gasteiger partial charge in [0.05, 0.1) is 24.9 Å². The quantitative estimate of drug-likeness (QED) is 0.835. The normalized spacial score (nSPS) is 10.2. The molecule has 1 N–H and O–H groups in total. The number of hydrogen-bond donors (Lipinski definition) is 1. The van der Waals surface area contributed by atoms with Crippen molar-refractivity contribution in [3.63, 3.8) is 0 Å². The Hall–Kier alpha value is -2.73. The highest BCUT2D eigenvalue weighted by molar-refractivity contribution is 6.32. The number of nitrogens with one attached hydrogen (secondary N) is 1. The Morgan fingerprint density at radius 3 is 2.31 bits per heavy atom. The largest absolute Gasteiger partial charge is 0.495 e. The van der Waals surface area contributed by atoms with E-state index in [1.165, 1.54) is 26.0 Å². The minimum Gasteiger partial charge on any atom is -0.495 e. The topological polar surface area (TPSA) is 67.9 Å². The number of rotatable bonds is 6. The number of carbonyl (C=O) groups is 2. The number of carbonyl (C=O) groups excluding carboxylic acids is 2. The maximum Gasteiger partial charge on any atom is 0.244 e. The molecule has 0 heterocycles. The summed E-state index contributed by atoms with van der Waals surface area (Å²) in [5.74, 6) is 0.410. The molecule has 0 aromatic heterocycles. The van der Waals surface area contributed by atoms with E-state index >= 15 is 0 Å². The fraction of sp³-hybridized carbons (Fsp3) is 0.263. The Kier molecular flexibility index (Phi) is 6.46. The molecule has 0 aliphatic rings. The highest BCUT2D eigenvalue weighted by atomic mass is 35.5. The summed E-state index contributed by atoms with van der Waals surface area (Å²) < 4.78 is 10.4. The van der Waals surface area contributed by atoms with E-state index in [4.69, 9.17) is 21.1 Å². The lowest BCUT2D eigenvalue weighted by molar-refractivity contribution is -0.120. The minimum atomic E-state index is -0.356. The lowest BCUT2D eigenvalue weighted by Crippen LogP contribution is -2.37. The molecule has 0 fully saturated rings. The van der Waals surface area contributed by atoms with Crippen LogP contribution in [0, 0.1) is 6.92 Å². The Labute approximate surface area is 157 Å². The first-order valence-corrected chi connectivity index (χ1v) is 8.29. The second-order valence-corrected chi connectivity index (χ2v) is 6.09. The third kappa shape index (κ3) is 4.67. The van der Waals surface area contributed by atoms with Gasteiger partial charge in [-0.25, -0.2) is 0 Å². The first-order valence-electron chi connectivity index (χ1n) is 7.92. The summed E-state index contributed by atoms with van der Waals surface area (Å²) >= 11 is 6.06. The molecule has 2 aromatic rings. The zero-order valence-corrected chi connectivity index (χ0v) is 15.9. The molecule has 0 unspecified atom stereocenters. The molecule has 2 aromatic carbocycles. The zero-order valence-electron chi connectivity index (χ0n) is 15.1. The molecular weight excluding hydrogens is 356 g/mol. The number of methoxy groups -OCH3 is 2. The Balaban J connectivity index is 2.20. The molecule has 0 aliphatic carbocycles. The summed E-state index contributed by atoms with van der Waals surface area (Å²) in [4.78, 5) is 25.9. The third-order valence-electron chi connectivity index (χ3n) is 3.74. The first kappa shape index (κ1) is 19.6. The second kappa shape index (κ2) is 8.58. The third-order valence-corrected chi connectivity index (χ3v) is 4.04. The molecule has 2 rings (SSSR count). The number of benzene rings is 2. The van der Waals surface area contributed by atoms with E-state index in [2.05, 4.69) is 5.32 Å². The average molecular weight is 377 g/mol. The molecule has 0 spiro atoms. The van der Waals surface area contributed by atoms with Crippen molar-refractivity contribution in [3.05, 3.63) is 47.0 Å². The van der Waals surface area contributed by atoms with Crippen molar-refractivity contribution < 1.29 is 19.1 Å². The Morgan fingerprint density at radius 1 is 1.08 bits per heavy atom. The Bertz CT molecular complexity index is 823. The molecule has 0 saturated carbocycles. The molecule has 6 nitrogen and oxygen atoms in total. The van der Waals surface area contributed by atoms with Gasteiger partial charge in [0.25, 0.3) is 0 Å². The van der Waals surface area contributed by atoms with Crippen LogP contribution in [-0.4, -0.2) is 32.6 Å². The average Bonchev–Trinajstić information content (AvgIpc) is 2.59. The second-order valence-electron chi connectivity index (χ2n) is 5.68. The monoisotopic (exact) mass is 376 g/mol. The van der Waals surface area contributed by atoms with Gasteiger partial charge in [0.15, 0.2) is 0 Å². The fourth-order valence-corrected chi connectivity index (χ4v) is 2.72. The van der Waals surface area contributed by atoms with Crippen molar-refractivity contribution in [1.29, 1.82) is 0 Å². The van der Waals surface area contributed by atoms with E-state index in [1.807, 2.05) is 13.0 Å². The lowest BCUT2D eigenvalue weighted by Gasteiger charge is -2.23. The lowest BCUT2D eigenvalue weighted by atomic mass is 10.2. The number of hydrogen-bond acceptors (Lipinski definition) is 4. The van der Waals surface area contributed by atoms with E-state index in [-0.39, 0.29) is 18.4 Å². The molecule has 7 heteroatoms. The van der Waals surface area contributed by atoms with Gasteiger partial charge < -0.3 is 14.8 Å². The highest BCUT2D eigenvalue weighted by Crippen LogP contribution is 2.30. The molecule has 138 valence electrons. The van der Waals surface area contributed by atoms with Crippen LogP contribution in [0.25, 0.3) is 0 Å². The van der Waals surface area contributed by atoms with Crippen molar-refractivity contribution >= 4 is 34.8 Å². The van der Waals surface area contributed by atoms with Crippen LogP contribution < -0.4 is 19.7 Å². The van der Waals surface area contributed by atoms with E-state index in [0.29, 0.717) is 27.9 Å². The smallest absolute Gasteiger partial charge is 0.244 e. The van der Waals surface area contributed by atoms with Crippen LogP contribution in [0.5, 0.6) is 11.5 Å². The predicted octanol–water partition coefficient (Wildman–Crippen LogP) is 3.66. The van der Waals surface area contributed by atoms with Crippen LogP contribution in [0.4, 0.5) is 11.4 Å². The summed E-state index contributed by atoms with van der Waals surface area (Å²) in [5.41, 5.74) is 2.01. The van der Waals surface area contributed by atoms with Crippen molar-refractivity contribution in [2.24, 2.45) is 0 Å². The SMILES string of the molecule is COc1ccc(NC(=O)CN(C(C)=O)c2cc(C)ccc2OC)cc1Cl. The number of anilines is 2. The summed E-state index contributed by atoms with van der Waals surface area (Å²) in [5, 5.41) is 3.11. The summed E-state index contributed by atoms with van der Waals surface area (Å²) in [6, 6.07) is 10.4. The summed E-state index contributed by atoms with van der Waals surface area (Å²) in [6.07, 6.45) is 0. The molecule has 0 atom stereocenters. The van der Waals surface area contributed by atoms with E-state index < -0.39 is 0 Å². The van der Waals surface area contributed by atoms with Gasteiger partial charge in [-0.05, 0) is 42.8 Å². The van der Waals surface area contributed by atoms with Crippen molar-refractivity contribution in [2.75, 3.05) is 31.0 Å². The van der Waals surface area contributed by atoms with Gasteiger partial charge >= 0.3 is 0 Å². The van der Waals surface area contributed by atoms with Crippen molar-refractivity contribution in [1.82, 2.24) is 0 Å². The molecule has 0 aliphatic heterocycles. The summed E-state index contributed by atoms with van der Waals surface area (Å²) in [6.45, 7) is 3.15. The number of amides is 2. The standard InChI is InChI=1S/C19H21ClN2O4/c1-12-5-7-18(26-4)16(9-12)22(13(2)23)11-19(24)21-14-6-8-17(25-3)15(20)10-14/h5-10H,11H2,1-4H3,(H,21,24). The molecule has 0 saturated heterocycles. The summed E-state index contributed by atoms with van der Waals surface area (Å²) in [7, 11) is 3.03. The van der Waals surface area contributed by atoms with Gasteiger partial charge in [0.2, 0.25) is 11.8 Å². The zero-order chi connectivity index (χ0) is 19.3. The highest BCUT2D eigenvalue weighted by Gasteiger charge is 2.20. The van der Waals surface area contributed by atoms with Gasteiger partial charge in [0, 0.05) is 12.6 Å². The minimum absolute atomic E-state index is 0.154. The molecule has 26 heavy (non-hydrogen) atoms. The molecular formula is C19H21ClN2O4. The predicted molar refractivity (Wildman–Crippen MR) is 102 cm³/mol. The molecule has 0 bridgehead atoms. The number of ether oxygens (including phenoxy) is 2. The van der Waals surface area contributed by atoms with Crippen LogP contribution in [-0.2, 0) is 9.59 Å². The van der Waals surface area contributed by atoms with Crippen LogP contribution >= 0.6 is 11.6 Å². The van der Waals surface area contributed by atoms with E-state index in [9.17, 15) is 9.59 Å².